The van der Waals surface area contributed by atoms with Crippen molar-refractivity contribution in [1.29, 1.82) is 0 Å². The van der Waals surface area contributed by atoms with E-state index in [9.17, 15) is 4.79 Å². The molecule has 16 heavy (non-hydrogen) atoms. The smallest absolute Gasteiger partial charge is 0.152 e. The van der Waals surface area contributed by atoms with Crippen LogP contribution in [-0.2, 0) is 11.2 Å². The highest BCUT2D eigenvalue weighted by Crippen LogP contribution is 2.23. The van der Waals surface area contributed by atoms with Crippen LogP contribution in [0.1, 0.15) is 19.4 Å². The molecule has 0 aliphatic carbocycles. The Morgan fingerprint density at radius 3 is 2.44 bits per heavy atom. The second kappa shape index (κ2) is 5.67. The third kappa shape index (κ3) is 3.48. The maximum Gasteiger partial charge on any atom is 0.152 e. The lowest BCUT2D eigenvalue weighted by Gasteiger charge is -2.13. The van der Waals surface area contributed by atoms with Crippen molar-refractivity contribution < 1.29 is 4.79 Å². The van der Waals surface area contributed by atoms with Crippen LogP contribution in [-0.4, -0.2) is 11.8 Å². The summed E-state index contributed by atoms with van der Waals surface area (Å²) in [6, 6.07) is 4.82. The number of nitrogens with two attached hydrogens (primary N) is 1. The van der Waals surface area contributed by atoms with E-state index >= 15 is 0 Å². The van der Waals surface area contributed by atoms with Crippen molar-refractivity contribution in [1.82, 2.24) is 0 Å². The van der Waals surface area contributed by atoms with Crippen LogP contribution < -0.4 is 5.73 Å². The predicted molar refractivity (Wildman–Crippen MR) is 68.0 cm³/mol. The number of Topliss-reactive ketones (excluding diaryl/α,β-unsaturated/α-hetero) is 1. The number of hydrogen-bond donors (Lipinski definition) is 1. The summed E-state index contributed by atoms with van der Waals surface area (Å²) < 4.78 is 0. The summed E-state index contributed by atoms with van der Waals surface area (Å²) in [6.07, 6.45) is 0.494. The van der Waals surface area contributed by atoms with Gasteiger partial charge in [0.15, 0.2) is 5.78 Å². The van der Waals surface area contributed by atoms with E-state index in [4.69, 9.17) is 28.9 Å². The molecule has 88 valence electrons. The zero-order valence-electron chi connectivity index (χ0n) is 9.34. The van der Waals surface area contributed by atoms with Gasteiger partial charge in [0.05, 0.1) is 16.1 Å². The Morgan fingerprint density at radius 1 is 1.31 bits per heavy atom. The first-order valence-electron chi connectivity index (χ1n) is 5.15. The molecule has 1 aromatic rings. The average Bonchev–Trinajstić information content (AvgIpc) is 2.22. The number of benzene rings is 1. The third-order valence-electron chi connectivity index (χ3n) is 2.37. The van der Waals surface area contributed by atoms with Crippen LogP contribution in [0.3, 0.4) is 0 Å². The average molecular weight is 260 g/mol. The summed E-state index contributed by atoms with van der Waals surface area (Å²) >= 11 is 11.7. The van der Waals surface area contributed by atoms with Crippen molar-refractivity contribution in [3.05, 3.63) is 33.8 Å². The zero-order chi connectivity index (χ0) is 12.3. The molecular weight excluding hydrogens is 245 g/mol. The molecule has 1 rings (SSSR count). The van der Waals surface area contributed by atoms with Gasteiger partial charge in [0, 0.05) is 5.92 Å². The molecule has 0 aliphatic rings. The van der Waals surface area contributed by atoms with Gasteiger partial charge in [0.25, 0.3) is 0 Å². The number of carbonyl (C=O) groups is 1. The zero-order valence-corrected chi connectivity index (χ0v) is 10.8. The summed E-state index contributed by atoms with van der Waals surface area (Å²) in [4.78, 5) is 11.6. The van der Waals surface area contributed by atoms with E-state index in [2.05, 4.69) is 0 Å². The summed E-state index contributed by atoms with van der Waals surface area (Å²) in [5.74, 6) is 0.0174. The molecule has 2 N–H and O–H groups in total. The highest BCUT2D eigenvalue weighted by Gasteiger charge is 2.17. The third-order valence-corrected chi connectivity index (χ3v) is 3.11. The molecule has 0 fully saturated rings. The Labute approximate surface area is 106 Å². The van der Waals surface area contributed by atoms with E-state index in [1.54, 1.807) is 12.1 Å². The first-order chi connectivity index (χ1) is 7.41. The van der Waals surface area contributed by atoms with Gasteiger partial charge in [-0.1, -0.05) is 43.1 Å². The predicted octanol–water partition coefficient (Wildman–Crippen LogP) is 3.09. The SMILES string of the molecule is CC(C)C(=O)[C@H](N)Cc1ccc(Cl)c(Cl)c1. The molecule has 0 spiro atoms. The van der Waals surface area contributed by atoms with Gasteiger partial charge in [-0.05, 0) is 24.1 Å². The molecule has 2 nitrogen and oxygen atoms in total. The molecule has 0 radical (unpaired) electrons. The van der Waals surface area contributed by atoms with E-state index in [1.165, 1.54) is 0 Å². The summed E-state index contributed by atoms with van der Waals surface area (Å²) in [7, 11) is 0. The lowest BCUT2D eigenvalue weighted by atomic mass is 9.97. The molecule has 0 saturated heterocycles. The Balaban J connectivity index is 2.73. The van der Waals surface area contributed by atoms with Crippen LogP contribution in [0, 0.1) is 5.92 Å². The Hall–Kier alpha value is -0.570. The van der Waals surface area contributed by atoms with Crippen LogP contribution in [0.4, 0.5) is 0 Å². The van der Waals surface area contributed by atoms with E-state index in [0.717, 1.165) is 5.56 Å². The van der Waals surface area contributed by atoms with Crippen molar-refractivity contribution in [2.75, 3.05) is 0 Å². The first kappa shape index (κ1) is 13.5. The van der Waals surface area contributed by atoms with Crippen molar-refractivity contribution in [3.63, 3.8) is 0 Å². The number of hydrogen-bond acceptors (Lipinski definition) is 2. The second-order valence-electron chi connectivity index (χ2n) is 4.12. The maximum absolute atomic E-state index is 11.6. The standard InChI is InChI=1S/C12H15Cl2NO/c1-7(2)12(16)11(15)6-8-3-4-9(13)10(14)5-8/h3-5,7,11H,6,15H2,1-2H3/t11-/m1/s1. The minimum absolute atomic E-state index is 0.0437. The van der Waals surface area contributed by atoms with Crippen LogP contribution in [0.5, 0.6) is 0 Å². The molecule has 0 aromatic heterocycles. The van der Waals surface area contributed by atoms with Crippen molar-refractivity contribution in [2.45, 2.75) is 26.3 Å². The fraction of sp³-hybridized carbons (Fsp3) is 0.417. The van der Waals surface area contributed by atoms with Crippen LogP contribution in [0.2, 0.25) is 10.0 Å². The largest absolute Gasteiger partial charge is 0.321 e. The van der Waals surface area contributed by atoms with Crippen LogP contribution >= 0.6 is 23.2 Å². The van der Waals surface area contributed by atoms with Crippen molar-refractivity contribution >= 4 is 29.0 Å². The van der Waals surface area contributed by atoms with Gasteiger partial charge >= 0.3 is 0 Å². The van der Waals surface area contributed by atoms with Crippen molar-refractivity contribution in [3.8, 4) is 0 Å². The van der Waals surface area contributed by atoms with E-state index < -0.39 is 6.04 Å². The van der Waals surface area contributed by atoms with Crippen LogP contribution in [0.15, 0.2) is 18.2 Å². The van der Waals surface area contributed by atoms with Gasteiger partial charge < -0.3 is 5.73 Å². The molecule has 0 bridgehead atoms. The molecule has 0 unspecified atom stereocenters. The molecule has 0 heterocycles. The monoisotopic (exact) mass is 259 g/mol. The normalized spacial score (nSPS) is 12.9. The summed E-state index contributed by atoms with van der Waals surface area (Å²) in [5, 5.41) is 0.998. The lowest BCUT2D eigenvalue weighted by Crippen LogP contribution is -2.35. The molecule has 0 saturated carbocycles. The topological polar surface area (TPSA) is 43.1 Å². The first-order valence-corrected chi connectivity index (χ1v) is 5.90. The fourth-order valence-corrected chi connectivity index (χ4v) is 1.77. The molecule has 1 atom stereocenters. The van der Waals surface area contributed by atoms with Gasteiger partial charge in [-0.25, -0.2) is 0 Å². The molecule has 4 heteroatoms. The summed E-state index contributed by atoms with van der Waals surface area (Å²) in [6.45, 7) is 3.69. The molecule has 0 amide bonds. The van der Waals surface area contributed by atoms with Gasteiger partial charge in [-0.2, -0.15) is 0 Å². The molecule has 1 aromatic carbocycles. The van der Waals surface area contributed by atoms with Crippen molar-refractivity contribution in [2.24, 2.45) is 11.7 Å². The number of rotatable bonds is 4. The highest BCUT2D eigenvalue weighted by atomic mass is 35.5. The minimum Gasteiger partial charge on any atom is -0.321 e. The quantitative estimate of drug-likeness (QED) is 0.903. The fourth-order valence-electron chi connectivity index (χ4n) is 1.45. The Kier molecular flexibility index (Phi) is 4.78. The molecule has 0 aliphatic heterocycles. The van der Waals surface area contributed by atoms with Gasteiger partial charge in [-0.3, -0.25) is 4.79 Å². The van der Waals surface area contributed by atoms with Gasteiger partial charge in [-0.15, -0.1) is 0 Å². The number of ketones is 1. The van der Waals surface area contributed by atoms with Crippen LogP contribution in [0.25, 0.3) is 0 Å². The Bertz CT molecular complexity index is 391. The Morgan fingerprint density at radius 2 is 1.94 bits per heavy atom. The minimum atomic E-state index is -0.475. The lowest BCUT2D eigenvalue weighted by molar-refractivity contribution is -0.123. The van der Waals surface area contributed by atoms with E-state index in [-0.39, 0.29) is 11.7 Å². The van der Waals surface area contributed by atoms with Gasteiger partial charge in [0.1, 0.15) is 0 Å². The highest BCUT2D eigenvalue weighted by molar-refractivity contribution is 6.42. The number of halogens is 2. The number of carbonyl (C=O) groups excluding carboxylic acids is 1. The van der Waals surface area contributed by atoms with Gasteiger partial charge in [0.2, 0.25) is 0 Å². The summed E-state index contributed by atoms with van der Waals surface area (Å²) in [5.41, 5.74) is 6.74. The maximum atomic E-state index is 11.6. The van der Waals surface area contributed by atoms with E-state index in [0.29, 0.717) is 16.5 Å². The van der Waals surface area contributed by atoms with E-state index in [1.807, 2.05) is 19.9 Å². The molecular formula is C12H15Cl2NO. The second-order valence-corrected chi connectivity index (χ2v) is 4.93.